The zero-order valence-electron chi connectivity index (χ0n) is 9.93. The van der Waals surface area contributed by atoms with Crippen LogP contribution in [0.1, 0.15) is 13.8 Å². The molecule has 1 N–H and O–H groups in total. The zero-order chi connectivity index (χ0) is 12.1. The third-order valence-electron chi connectivity index (χ3n) is 2.16. The Hall–Kier alpha value is -2.04. The summed E-state index contributed by atoms with van der Waals surface area (Å²) in [5.74, 6) is 1.36. The molecule has 0 saturated carbocycles. The summed E-state index contributed by atoms with van der Waals surface area (Å²) in [7, 11) is 0. The number of aromatic nitrogens is 2. The maximum Gasteiger partial charge on any atom is 0.321 e. The van der Waals surface area contributed by atoms with Gasteiger partial charge in [0.25, 0.3) is 0 Å². The smallest absolute Gasteiger partial charge is 0.321 e. The minimum Gasteiger partial charge on any atom is -0.494 e. The number of hydrogen-bond acceptors (Lipinski definition) is 5. The first-order valence-corrected chi connectivity index (χ1v) is 5.64. The summed E-state index contributed by atoms with van der Waals surface area (Å²) in [5.41, 5.74) is 0.879. The Balaban J connectivity index is 2.22. The maximum absolute atomic E-state index is 5.42. The highest BCUT2D eigenvalue weighted by molar-refractivity contribution is 5.57. The second kappa shape index (κ2) is 5.34. The van der Waals surface area contributed by atoms with Crippen LogP contribution >= 0.6 is 0 Å². The van der Waals surface area contributed by atoms with Crippen LogP contribution in [0.15, 0.2) is 28.8 Å². The molecule has 0 radical (unpaired) electrons. The summed E-state index contributed by atoms with van der Waals surface area (Å²) in [4.78, 5) is 4.23. The van der Waals surface area contributed by atoms with Gasteiger partial charge in [0, 0.05) is 12.1 Å². The molecule has 2 rings (SSSR count). The van der Waals surface area contributed by atoms with Crippen molar-refractivity contribution in [1.29, 1.82) is 0 Å². The van der Waals surface area contributed by atoms with Gasteiger partial charge in [0.15, 0.2) is 0 Å². The Morgan fingerprint density at radius 1 is 1.35 bits per heavy atom. The van der Waals surface area contributed by atoms with Gasteiger partial charge in [-0.25, -0.2) is 0 Å². The molecule has 5 nitrogen and oxygen atoms in total. The predicted molar refractivity (Wildman–Crippen MR) is 65.1 cm³/mol. The van der Waals surface area contributed by atoms with Gasteiger partial charge in [0.05, 0.1) is 6.61 Å². The van der Waals surface area contributed by atoms with Gasteiger partial charge in [0.2, 0.25) is 5.82 Å². The minimum absolute atomic E-state index is 0.435. The number of rotatable bonds is 5. The van der Waals surface area contributed by atoms with Crippen LogP contribution in [0.2, 0.25) is 0 Å². The highest BCUT2D eigenvalue weighted by Gasteiger charge is 2.08. The van der Waals surface area contributed by atoms with Crippen molar-refractivity contribution in [2.75, 3.05) is 18.5 Å². The first kappa shape index (κ1) is 11.4. The van der Waals surface area contributed by atoms with E-state index in [1.54, 1.807) is 0 Å². The van der Waals surface area contributed by atoms with Crippen molar-refractivity contribution in [2.45, 2.75) is 13.8 Å². The molecule has 0 aliphatic rings. The van der Waals surface area contributed by atoms with Crippen LogP contribution in [0, 0.1) is 0 Å². The van der Waals surface area contributed by atoms with E-state index in [9.17, 15) is 0 Å². The first-order chi connectivity index (χ1) is 8.33. The Morgan fingerprint density at radius 2 is 2.24 bits per heavy atom. The van der Waals surface area contributed by atoms with E-state index in [4.69, 9.17) is 9.26 Å². The molecule has 0 saturated heterocycles. The molecular formula is C12H15N3O2. The van der Waals surface area contributed by atoms with Gasteiger partial charge in [-0.05, 0) is 26.0 Å². The summed E-state index contributed by atoms with van der Waals surface area (Å²) < 4.78 is 10.5. The second-order valence-corrected chi connectivity index (χ2v) is 3.41. The molecule has 1 aromatic carbocycles. The maximum atomic E-state index is 5.42. The average Bonchev–Trinajstić information content (AvgIpc) is 2.79. The van der Waals surface area contributed by atoms with E-state index in [2.05, 4.69) is 15.5 Å². The molecule has 0 unspecified atom stereocenters. The largest absolute Gasteiger partial charge is 0.494 e. The quantitative estimate of drug-likeness (QED) is 0.860. The van der Waals surface area contributed by atoms with Gasteiger partial charge in [-0.3, -0.25) is 0 Å². The van der Waals surface area contributed by atoms with E-state index in [0.717, 1.165) is 17.9 Å². The van der Waals surface area contributed by atoms with E-state index in [1.165, 1.54) is 0 Å². The Morgan fingerprint density at radius 3 is 3.00 bits per heavy atom. The molecule has 0 bridgehead atoms. The summed E-state index contributed by atoms with van der Waals surface area (Å²) in [6.45, 7) is 5.31. The minimum atomic E-state index is 0.435. The molecule has 0 fully saturated rings. The van der Waals surface area contributed by atoms with Gasteiger partial charge >= 0.3 is 6.01 Å². The molecule has 17 heavy (non-hydrogen) atoms. The van der Waals surface area contributed by atoms with Gasteiger partial charge in [-0.15, -0.1) is 0 Å². The Bertz CT molecular complexity index is 482. The molecule has 0 spiro atoms. The van der Waals surface area contributed by atoms with Crippen LogP contribution in [0.4, 0.5) is 6.01 Å². The zero-order valence-corrected chi connectivity index (χ0v) is 9.93. The number of benzene rings is 1. The topological polar surface area (TPSA) is 60.2 Å². The number of nitrogens with one attached hydrogen (secondary N) is 1. The van der Waals surface area contributed by atoms with E-state index in [-0.39, 0.29) is 0 Å². The van der Waals surface area contributed by atoms with Crippen LogP contribution in [-0.4, -0.2) is 23.3 Å². The average molecular weight is 233 g/mol. The van der Waals surface area contributed by atoms with E-state index in [1.807, 2.05) is 38.1 Å². The Labute approximate surface area is 99.8 Å². The molecule has 0 aliphatic heterocycles. The number of anilines is 1. The summed E-state index contributed by atoms with van der Waals surface area (Å²) in [6, 6.07) is 8.05. The lowest BCUT2D eigenvalue weighted by Gasteiger charge is -2.02. The van der Waals surface area contributed by atoms with Crippen molar-refractivity contribution >= 4 is 6.01 Å². The molecule has 1 aromatic heterocycles. The lowest BCUT2D eigenvalue weighted by Crippen LogP contribution is -1.96. The van der Waals surface area contributed by atoms with Crippen LogP contribution in [0.25, 0.3) is 11.4 Å². The van der Waals surface area contributed by atoms with Gasteiger partial charge in [-0.2, -0.15) is 4.98 Å². The van der Waals surface area contributed by atoms with Gasteiger partial charge in [-0.1, -0.05) is 17.3 Å². The van der Waals surface area contributed by atoms with Crippen molar-refractivity contribution in [3.05, 3.63) is 24.3 Å². The molecule has 90 valence electrons. The fourth-order valence-electron chi connectivity index (χ4n) is 1.46. The van der Waals surface area contributed by atoms with E-state index < -0.39 is 0 Å². The van der Waals surface area contributed by atoms with Crippen LogP contribution in [0.5, 0.6) is 5.75 Å². The molecular weight excluding hydrogens is 218 g/mol. The highest BCUT2D eigenvalue weighted by Crippen LogP contribution is 2.22. The summed E-state index contributed by atoms with van der Waals surface area (Å²) >= 11 is 0. The number of nitrogens with zero attached hydrogens (tertiary/aromatic N) is 2. The summed E-state index contributed by atoms with van der Waals surface area (Å²) in [6.07, 6.45) is 0. The predicted octanol–water partition coefficient (Wildman–Crippen LogP) is 2.57. The van der Waals surface area contributed by atoms with Crippen molar-refractivity contribution in [3.63, 3.8) is 0 Å². The van der Waals surface area contributed by atoms with Crippen LogP contribution in [0.3, 0.4) is 0 Å². The lowest BCUT2D eigenvalue weighted by atomic mass is 10.2. The molecule has 1 heterocycles. The normalized spacial score (nSPS) is 10.2. The van der Waals surface area contributed by atoms with E-state index >= 15 is 0 Å². The highest BCUT2D eigenvalue weighted by atomic mass is 16.5. The van der Waals surface area contributed by atoms with Crippen molar-refractivity contribution < 1.29 is 9.26 Å². The monoisotopic (exact) mass is 233 g/mol. The number of hydrogen-bond donors (Lipinski definition) is 1. The van der Waals surface area contributed by atoms with Crippen LogP contribution in [-0.2, 0) is 0 Å². The van der Waals surface area contributed by atoms with Crippen molar-refractivity contribution in [1.82, 2.24) is 10.1 Å². The third kappa shape index (κ3) is 2.75. The molecule has 2 aromatic rings. The fourth-order valence-corrected chi connectivity index (χ4v) is 1.46. The van der Waals surface area contributed by atoms with Gasteiger partial charge < -0.3 is 14.6 Å². The number of ether oxygens (including phenoxy) is 1. The SMILES string of the molecule is CCNc1nc(-c2cccc(OCC)c2)no1. The van der Waals surface area contributed by atoms with Gasteiger partial charge in [0.1, 0.15) is 5.75 Å². The lowest BCUT2D eigenvalue weighted by molar-refractivity contribution is 0.340. The summed E-state index contributed by atoms with van der Waals surface area (Å²) in [5, 5.41) is 6.87. The first-order valence-electron chi connectivity index (χ1n) is 5.64. The Kier molecular flexibility index (Phi) is 3.59. The van der Waals surface area contributed by atoms with Crippen LogP contribution < -0.4 is 10.1 Å². The third-order valence-corrected chi connectivity index (χ3v) is 2.16. The molecule has 0 atom stereocenters. The fraction of sp³-hybridized carbons (Fsp3) is 0.333. The standard InChI is InChI=1S/C12H15N3O2/c1-3-13-12-14-11(15-17-12)9-6-5-7-10(8-9)16-4-2/h5-8H,3-4H2,1-2H3,(H,13,14,15). The van der Waals surface area contributed by atoms with E-state index in [0.29, 0.717) is 18.4 Å². The molecule has 0 amide bonds. The molecule has 0 aliphatic carbocycles. The second-order valence-electron chi connectivity index (χ2n) is 3.41. The molecule has 5 heteroatoms. The van der Waals surface area contributed by atoms with Crippen molar-refractivity contribution in [2.24, 2.45) is 0 Å². The van der Waals surface area contributed by atoms with Crippen molar-refractivity contribution in [3.8, 4) is 17.1 Å².